The van der Waals surface area contributed by atoms with Crippen LogP contribution in [0.2, 0.25) is 0 Å². The number of anilines is 1. The maximum Gasteiger partial charge on any atom is 0.255 e. The van der Waals surface area contributed by atoms with Gasteiger partial charge in [-0.15, -0.1) is 0 Å². The second-order valence-corrected chi connectivity index (χ2v) is 7.68. The molecule has 0 spiro atoms. The predicted molar refractivity (Wildman–Crippen MR) is 140 cm³/mol. The molecule has 4 nitrogen and oxygen atoms in total. The Morgan fingerprint density at radius 3 is 2.27 bits per heavy atom. The summed E-state index contributed by atoms with van der Waals surface area (Å²) in [5, 5.41) is 6.46. The second kappa shape index (κ2) is 13.1. The maximum atomic E-state index is 12.8. The Balaban J connectivity index is 2.21. The van der Waals surface area contributed by atoms with E-state index in [2.05, 4.69) is 43.7 Å². The molecule has 4 heteroatoms. The highest BCUT2D eigenvalue weighted by Gasteiger charge is 2.11. The van der Waals surface area contributed by atoms with Crippen molar-refractivity contribution in [2.45, 2.75) is 47.0 Å². The Hall–Kier alpha value is -3.53. The molecule has 2 rings (SSSR count). The topological polar surface area (TPSA) is 50.4 Å². The molecule has 174 valence electrons. The lowest BCUT2D eigenvalue weighted by molar-refractivity contribution is 0.102. The van der Waals surface area contributed by atoms with Crippen LogP contribution in [0, 0.1) is 0 Å². The first-order valence-corrected chi connectivity index (χ1v) is 11.6. The van der Waals surface area contributed by atoms with Gasteiger partial charge < -0.3 is 15.4 Å². The predicted octanol–water partition coefficient (Wildman–Crippen LogP) is 7.28. The molecule has 0 aromatic heterocycles. The molecular weight excluding hydrogens is 408 g/mol. The van der Waals surface area contributed by atoms with Gasteiger partial charge in [-0.05, 0) is 79.8 Å². The molecule has 0 aliphatic carbocycles. The van der Waals surface area contributed by atoms with Crippen LogP contribution in [0.15, 0.2) is 85.1 Å². The number of carbonyl (C=O) groups excluding carboxylic acids is 1. The maximum absolute atomic E-state index is 12.8. The molecule has 0 saturated heterocycles. The van der Waals surface area contributed by atoms with Gasteiger partial charge in [-0.25, -0.2) is 0 Å². The van der Waals surface area contributed by atoms with E-state index in [0.717, 1.165) is 58.8 Å². The van der Waals surface area contributed by atoms with Crippen molar-refractivity contribution < 1.29 is 9.53 Å². The van der Waals surface area contributed by atoms with E-state index in [1.165, 1.54) is 0 Å². The summed E-state index contributed by atoms with van der Waals surface area (Å²) >= 11 is 0. The Morgan fingerprint density at radius 2 is 1.70 bits per heavy atom. The van der Waals surface area contributed by atoms with Crippen molar-refractivity contribution in [3.8, 4) is 5.75 Å². The third-order valence-corrected chi connectivity index (χ3v) is 5.30. The van der Waals surface area contributed by atoms with Gasteiger partial charge in [0.05, 0.1) is 6.61 Å². The van der Waals surface area contributed by atoms with Gasteiger partial charge in [-0.2, -0.15) is 0 Å². The van der Waals surface area contributed by atoms with E-state index in [-0.39, 0.29) is 5.91 Å². The number of benzene rings is 2. The zero-order valence-corrected chi connectivity index (χ0v) is 20.3. The van der Waals surface area contributed by atoms with Crippen molar-refractivity contribution in [1.82, 2.24) is 5.32 Å². The molecule has 0 atom stereocenters. The highest BCUT2D eigenvalue weighted by atomic mass is 16.5. The minimum absolute atomic E-state index is 0.140. The first kappa shape index (κ1) is 25.7. The smallest absolute Gasteiger partial charge is 0.255 e. The van der Waals surface area contributed by atoms with Gasteiger partial charge in [0.1, 0.15) is 5.75 Å². The molecular formula is C29H36N2O2. The fourth-order valence-corrected chi connectivity index (χ4v) is 3.33. The molecule has 0 heterocycles. The van der Waals surface area contributed by atoms with Crippen LogP contribution in [0.1, 0.15) is 62.0 Å². The molecule has 0 aliphatic heterocycles. The number of carbonyl (C=O) groups is 1. The molecule has 0 saturated carbocycles. The molecule has 0 radical (unpaired) electrons. The van der Waals surface area contributed by atoms with Crippen molar-refractivity contribution in [2.24, 2.45) is 0 Å². The zero-order valence-electron chi connectivity index (χ0n) is 20.3. The number of amides is 1. The summed E-state index contributed by atoms with van der Waals surface area (Å²) in [4.78, 5) is 12.8. The molecule has 2 aromatic carbocycles. The van der Waals surface area contributed by atoms with Crippen LogP contribution in [0.4, 0.5) is 5.69 Å². The SMILES string of the molecule is C=C/C(C)=C(\C=C)N/C(=C/CCC)c1ccc(NC(=O)c2ccc(OCC)c(CC)c2)cc1. The number of hydrogen-bond acceptors (Lipinski definition) is 3. The normalized spacial score (nSPS) is 11.9. The van der Waals surface area contributed by atoms with E-state index < -0.39 is 0 Å². The Bertz CT molecular complexity index is 1030. The number of hydrogen-bond donors (Lipinski definition) is 2. The monoisotopic (exact) mass is 444 g/mol. The van der Waals surface area contributed by atoms with E-state index in [9.17, 15) is 4.79 Å². The summed E-state index contributed by atoms with van der Waals surface area (Å²) in [5.41, 5.74) is 6.37. The van der Waals surface area contributed by atoms with Gasteiger partial charge >= 0.3 is 0 Å². The first-order chi connectivity index (χ1) is 16.0. The van der Waals surface area contributed by atoms with Crippen LogP contribution in [0.3, 0.4) is 0 Å². The minimum Gasteiger partial charge on any atom is -0.494 e. The molecule has 33 heavy (non-hydrogen) atoms. The van der Waals surface area contributed by atoms with Crippen LogP contribution >= 0.6 is 0 Å². The fraction of sp³-hybridized carbons (Fsp3) is 0.276. The van der Waals surface area contributed by atoms with Crippen LogP contribution < -0.4 is 15.4 Å². The van der Waals surface area contributed by atoms with Crippen molar-refractivity contribution in [3.05, 3.63) is 102 Å². The average molecular weight is 445 g/mol. The van der Waals surface area contributed by atoms with Crippen molar-refractivity contribution in [1.29, 1.82) is 0 Å². The van der Waals surface area contributed by atoms with Crippen molar-refractivity contribution in [3.63, 3.8) is 0 Å². The highest BCUT2D eigenvalue weighted by molar-refractivity contribution is 6.04. The van der Waals surface area contributed by atoms with Crippen LogP contribution in [-0.4, -0.2) is 12.5 Å². The van der Waals surface area contributed by atoms with E-state index in [1.807, 2.05) is 56.3 Å². The van der Waals surface area contributed by atoms with Crippen LogP contribution in [0.25, 0.3) is 5.70 Å². The summed E-state index contributed by atoms with van der Waals surface area (Å²) < 4.78 is 5.64. The number of unbranched alkanes of at least 4 members (excludes halogenated alkanes) is 1. The van der Waals surface area contributed by atoms with Crippen LogP contribution in [0.5, 0.6) is 5.75 Å². The summed E-state index contributed by atoms with van der Waals surface area (Å²) in [6.07, 6.45) is 8.60. The Kier molecular flexibility index (Phi) is 10.2. The van der Waals surface area contributed by atoms with Gasteiger partial charge in [0.15, 0.2) is 0 Å². The lowest BCUT2D eigenvalue weighted by Crippen LogP contribution is -2.13. The summed E-state index contributed by atoms with van der Waals surface area (Å²) in [6, 6.07) is 13.4. The van der Waals surface area contributed by atoms with Crippen molar-refractivity contribution >= 4 is 17.3 Å². The highest BCUT2D eigenvalue weighted by Crippen LogP contribution is 2.23. The largest absolute Gasteiger partial charge is 0.494 e. The lowest BCUT2D eigenvalue weighted by Gasteiger charge is -2.15. The van der Waals surface area contributed by atoms with E-state index in [4.69, 9.17) is 4.74 Å². The standard InChI is InChI=1S/C29H36N2O2/c1-7-12-13-27(31-26(10-4)21(6)8-2)23-14-17-25(18-15-23)30-29(32)24-16-19-28(33-11-5)22(9-3)20-24/h8,10,13-20,31H,2,4,7,9,11-12H2,1,3,5-6H3,(H,30,32)/b26-21+,27-13+. The van der Waals surface area contributed by atoms with Gasteiger partial charge in [0.25, 0.3) is 5.91 Å². The molecule has 1 amide bonds. The summed E-state index contributed by atoms with van der Waals surface area (Å²) in [7, 11) is 0. The zero-order chi connectivity index (χ0) is 24.2. The van der Waals surface area contributed by atoms with Crippen LogP contribution in [-0.2, 0) is 6.42 Å². The second-order valence-electron chi connectivity index (χ2n) is 7.68. The quantitative estimate of drug-likeness (QED) is 0.338. The molecule has 0 aliphatic rings. The molecule has 2 N–H and O–H groups in total. The fourth-order valence-electron chi connectivity index (χ4n) is 3.33. The third kappa shape index (κ3) is 7.25. The number of allylic oxidation sites excluding steroid dienone is 4. The average Bonchev–Trinajstić information content (AvgIpc) is 2.84. The minimum atomic E-state index is -0.140. The number of aryl methyl sites for hydroxylation is 1. The molecule has 0 bridgehead atoms. The van der Waals surface area contributed by atoms with Gasteiger partial charge in [-0.3, -0.25) is 4.79 Å². The number of nitrogens with one attached hydrogen (secondary N) is 2. The molecule has 0 unspecified atom stereocenters. The number of rotatable bonds is 12. The van der Waals surface area contributed by atoms with Gasteiger partial charge in [0, 0.05) is 22.6 Å². The van der Waals surface area contributed by atoms with E-state index in [1.54, 1.807) is 12.1 Å². The summed E-state index contributed by atoms with van der Waals surface area (Å²) in [5.74, 6) is 0.693. The van der Waals surface area contributed by atoms with Gasteiger partial charge in [0.2, 0.25) is 0 Å². The molecule has 0 fully saturated rings. The van der Waals surface area contributed by atoms with E-state index in [0.29, 0.717) is 12.2 Å². The molecule has 2 aromatic rings. The first-order valence-electron chi connectivity index (χ1n) is 11.6. The Labute approximate surface area is 198 Å². The van der Waals surface area contributed by atoms with Crippen molar-refractivity contribution in [2.75, 3.05) is 11.9 Å². The third-order valence-electron chi connectivity index (χ3n) is 5.30. The van der Waals surface area contributed by atoms with Gasteiger partial charge in [-0.1, -0.05) is 57.7 Å². The lowest BCUT2D eigenvalue weighted by atomic mass is 10.1. The van der Waals surface area contributed by atoms with E-state index >= 15 is 0 Å². The Morgan fingerprint density at radius 1 is 1.00 bits per heavy atom. The summed E-state index contributed by atoms with van der Waals surface area (Å²) in [6.45, 7) is 16.5. The number of ether oxygens (including phenoxy) is 1.